The Kier molecular flexibility index (Phi) is 2.59. The molecule has 0 radical (unpaired) electrons. The maximum absolute atomic E-state index is 9.68. The average Bonchev–Trinajstić information content (AvgIpc) is 2.03. The minimum atomic E-state index is -0.891. The standard InChI is InChI=1S/C10H15NO2/c1-10(2,13)8-3-4-9(12)7(5-8)6-11/h3-5,12-13H,6,11H2,1-2H3. The number of aromatic hydroxyl groups is 1. The first kappa shape index (κ1) is 10.0. The van der Waals surface area contributed by atoms with E-state index in [1.165, 1.54) is 0 Å². The van der Waals surface area contributed by atoms with Gasteiger partial charge < -0.3 is 15.9 Å². The highest BCUT2D eigenvalue weighted by molar-refractivity contribution is 5.37. The van der Waals surface area contributed by atoms with Gasteiger partial charge in [-0.2, -0.15) is 0 Å². The van der Waals surface area contributed by atoms with Crippen molar-refractivity contribution in [1.29, 1.82) is 0 Å². The van der Waals surface area contributed by atoms with E-state index in [4.69, 9.17) is 5.73 Å². The SMILES string of the molecule is CC(C)(O)c1ccc(O)c(CN)c1. The molecule has 0 saturated carbocycles. The van der Waals surface area contributed by atoms with Gasteiger partial charge in [0.2, 0.25) is 0 Å². The Morgan fingerprint density at radius 3 is 2.46 bits per heavy atom. The summed E-state index contributed by atoms with van der Waals surface area (Å²) in [6, 6.07) is 4.96. The van der Waals surface area contributed by atoms with Crippen molar-refractivity contribution >= 4 is 0 Å². The molecular weight excluding hydrogens is 166 g/mol. The minimum Gasteiger partial charge on any atom is -0.508 e. The summed E-state index contributed by atoms with van der Waals surface area (Å²) in [4.78, 5) is 0. The smallest absolute Gasteiger partial charge is 0.120 e. The monoisotopic (exact) mass is 181 g/mol. The summed E-state index contributed by atoms with van der Waals surface area (Å²) in [7, 11) is 0. The molecule has 72 valence electrons. The van der Waals surface area contributed by atoms with Crippen LogP contribution >= 0.6 is 0 Å². The quantitative estimate of drug-likeness (QED) is 0.639. The zero-order valence-electron chi connectivity index (χ0n) is 7.91. The van der Waals surface area contributed by atoms with E-state index >= 15 is 0 Å². The van der Waals surface area contributed by atoms with Gasteiger partial charge in [0.05, 0.1) is 5.60 Å². The molecule has 13 heavy (non-hydrogen) atoms. The van der Waals surface area contributed by atoms with E-state index in [9.17, 15) is 10.2 Å². The first-order valence-electron chi connectivity index (χ1n) is 4.20. The van der Waals surface area contributed by atoms with E-state index in [1.54, 1.807) is 32.0 Å². The van der Waals surface area contributed by atoms with Crippen LogP contribution < -0.4 is 5.73 Å². The molecule has 0 unspecified atom stereocenters. The topological polar surface area (TPSA) is 66.5 Å². The highest BCUT2D eigenvalue weighted by Crippen LogP contribution is 2.25. The first-order chi connectivity index (χ1) is 5.95. The molecule has 0 heterocycles. The molecule has 0 fully saturated rings. The molecule has 1 aromatic rings. The molecule has 3 heteroatoms. The van der Waals surface area contributed by atoms with E-state index in [0.717, 1.165) is 5.56 Å². The summed E-state index contributed by atoms with van der Waals surface area (Å²) in [6.07, 6.45) is 0. The molecule has 1 rings (SSSR count). The van der Waals surface area contributed by atoms with E-state index < -0.39 is 5.60 Å². The number of nitrogens with two attached hydrogens (primary N) is 1. The minimum absolute atomic E-state index is 0.176. The molecule has 3 nitrogen and oxygen atoms in total. The van der Waals surface area contributed by atoms with Gasteiger partial charge in [0, 0.05) is 12.1 Å². The highest BCUT2D eigenvalue weighted by Gasteiger charge is 2.16. The van der Waals surface area contributed by atoms with E-state index in [1.807, 2.05) is 0 Å². The molecule has 0 saturated heterocycles. The third-order valence-electron chi connectivity index (χ3n) is 2.01. The summed E-state index contributed by atoms with van der Waals surface area (Å²) in [6.45, 7) is 3.66. The number of phenolic OH excluding ortho intramolecular Hbond substituents is 1. The second-order valence-corrected chi connectivity index (χ2v) is 3.61. The van der Waals surface area contributed by atoms with Gasteiger partial charge in [-0.15, -0.1) is 0 Å². The van der Waals surface area contributed by atoms with Crippen LogP contribution in [0.4, 0.5) is 0 Å². The lowest BCUT2D eigenvalue weighted by Crippen LogP contribution is -2.15. The van der Waals surface area contributed by atoms with Crippen LogP contribution in [0.1, 0.15) is 25.0 Å². The second kappa shape index (κ2) is 3.36. The zero-order valence-corrected chi connectivity index (χ0v) is 7.91. The van der Waals surface area contributed by atoms with Gasteiger partial charge in [0.1, 0.15) is 5.75 Å². The second-order valence-electron chi connectivity index (χ2n) is 3.61. The van der Waals surface area contributed by atoms with Crippen LogP contribution in [0.3, 0.4) is 0 Å². The van der Waals surface area contributed by atoms with E-state index in [0.29, 0.717) is 5.56 Å². The van der Waals surface area contributed by atoms with E-state index in [-0.39, 0.29) is 12.3 Å². The Balaban J connectivity index is 3.14. The van der Waals surface area contributed by atoms with Gasteiger partial charge in [0.15, 0.2) is 0 Å². The summed E-state index contributed by atoms with van der Waals surface area (Å²) < 4.78 is 0. The molecule has 0 bridgehead atoms. The normalized spacial score (nSPS) is 11.7. The Morgan fingerprint density at radius 1 is 1.38 bits per heavy atom. The molecule has 0 spiro atoms. The van der Waals surface area contributed by atoms with Crippen LogP contribution in [0.25, 0.3) is 0 Å². The highest BCUT2D eigenvalue weighted by atomic mass is 16.3. The van der Waals surface area contributed by atoms with Crippen molar-refractivity contribution in [3.63, 3.8) is 0 Å². The Bertz CT molecular complexity index is 302. The van der Waals surface area contributed by atoms with Crippen molar-refractivity contribution in [2.24, 2.45) is 5.73 Å². The number of aliphatic hydroxyl groups is 1. The van der Waals surface area contributed by atoms with Gasteiger partial charge in [0.25, 0.3) is 0 Å². The molecule has 1 aromatic carbocycles. The van der Waals surface area contributed by atoms with Crippen molar-refractivity contribution in [2.75, 3.05) is 0 Å². The largest absolute Gasteiger partial charge is 0.508 e. The number of rotatable bonds is 2. The third kappa shape index (κ3) is 2.20. The predicted octanol–water partition coefficient (Wildman–Crippen LogP) is 1.08. The first-order valence-corrected chi connectivity index (χ1v) is 4.20. The molecule has 0 aliphatic carbocycles. The number of benzene rings is 1. The average molecular weight is 181 g/mol. The summed E-state index contributed by atoms with van der Waals surface area (Å²) >= 11 is 0. The Morgan fingerprint density at radius 2 is 2.00 bits per heavy atom. The lowest BCUT2D eigenvalue weighted by molar-refractivity contribution is 0.0785. The summed E-state index contributed by atoms with van der Waals surface area (Å²) in [5.41, 5.74) is 5.94. The Hall–Kier alpha value is -1.06. The van der Waals surface area contributed by atoms with Crippen LogP contribution in [-0.2, 0) is 12.1 Å². The maximum atomic E-state index is 9.68. The van der Waals surface area contributed by atoms with Gasteiger partial charge in [-0.25, -0.2) is 0 Å². The number of phenols is 1. The lowest BCUT2D eigenvalue weighted by Gasteiger charge is -2.18. The fourth-order valence-corrected chi connectivity index (χ4v) is 1.13. The molecule has 0 aliphatic rings. The van der Waals surface area contributed by atoms with Crippen LogP contribution in [-0.4, -0.2) is 10.2 Å². The molecule has 0 aliphatic heterocycles. The van der Waals surface area contributed by atoms with Gasteiger partial charge >= 0.3 is 0 Å². The predicted molar refractivity (Wildman–Crippen MR) is 51.2 cm³/mol. The van der Waals surface area contributed by atoms with Gasteiger partial charge in [-0.1, -0.05) is 6.07 Å². The summed E-state index contributed by atoms with van der Waals surface area (Å²) in [5.74, 6) is 0.176. The van der Waals surface area contributed by atoms with Gasteiger partial charge in [-0.3, -0.25) is 0 Å². The molecule has 0 atom stereocenters. The van der Waals surface area contributed by atoms with Crippen molar-refractivity contribution in [3.8, 4) is 5.75 Å². The van der Waals surface area contributed by atoms with Crippen LogP contribution in [0, 0.1) is 0 Å². The number of hydrogen-bond donors (Lipinski definition) is 3. The van der Waals surface area contributed by atoms with Gasteiger partial charge in [-0.05, 0) is 31.5 Å². The van der Waals surface area contributed by atoms with Crippen molar-refractivity contribution < 1.29 is 10.2 Å². The van der Waals surface area contributed by atoms with Crippen LogP contribution in [0.5, 0.6) is 5.75 Å². The summed E-state index contributed by atoms with van der Waals surface area (Å²) in [5, 5.41) is 19.0. The van der Waals surface area contributed by atoms with Crippen molar-refractivity contribution in [1.82, 2.24) is 0 Å². The van der Waals surface area contributed by atoms with Crippen molar-refractivity contribution in [2.45, 2.75) is 26.0 Å². The number of hydrogen-bond acceptors (Lipinski definition) is 3. The maximum Gasteiger partial charge on any atom is 0.120 e. The van der Waals surface area contributed by atoms with Crippen molar-refractivity contribution in [3.05, 3.63) is 29.3 Å². The molecule has 0 amide bonds. The van der Waals surface area contributed by atoms with Crippen LogP contribution in [0.15, 0.2) is 18.2 Å². The lowest BCUT2D eigenvalue weighted by atomic mass is 9.96. The third-order valence-corrected chi connectivity index (χ3v) is 2.01. The molecule has 0 aromatic heterocycles. The Labute approximate surface area is 77.8 Å². The zero-order chi connectivity index (χ0) is 10.1. The van der Waals surface area contributed by atoms with Crippen LogP contribution in [0.2, 0.25) is 0 Å². The fraction of sp³-hybridized carbons (Fsp3) is 0.400. The van der Waals surface area contributed by atoms with E-state index in [2.05, 4.69) is 0 Å². The molecule has 4 N–H and O–H groups in total. The fourth-order valence-electron chi connectivity index (χ4n) is 1.13. The molecular formula is C10H15NO2.